The lowest BCUT2D eigenvalue weighted by Crippen LogP contribution is -2.51. The Morgan fingerprint density at radius 2 is 2.23 bits per heavy atom. The van der Waals surface area contributed by atoms with Crippen molar-refractivity contribution in [3.63, 3.8) is 0 Å². The fourth-order valence-electron chi connectivity index (χ4n) is 2.06. The van der Waals surface area contributed by atoms with Crippen molar-refractivity contribution in [3.8, 4) is 0 Å². The van der Waals surface area contributed by atoms with E-state index in [4.69, 9.17) is 4.74 Å². The maximum absolute atomic E-state index is 5.13. The Labute approximate surface area is 80.4 Å². The van der Waals surface area contributed by atoms with Gasteiger partial charge >= 0.3 is 0 Å². The van der Waals surface area contributed by atoms with Gasteiger partial charge in [-0.2, -0.15) is 0 Å². The van der Waals surface area contributed by atoms with Gasteiger partial charge in [-0.15, -0.1) is 0 Å². The first-order valence-corrected chi connectivity index (χ1v) is 5.37. The Bertz CT molecular complexity index is 159. The van der Waals surface area contributed by atoms with Gasteiger partial charge < -0.3 is 15.0 Å². The highest BCUT2D eigenvalue weighted by Crippen LogP contribution is 2.14. The van der Waals surface area contributed by atoms with Crippen LogP contribution in [0.2, 0.25) is 0 Å². The smallest absolute Gasteiger partial charge is 0.0643 e. The van der Waals surface area contributed by atoms with E-state index in [1.165, 1.54) is 25.8 Å². The minimum absolute atomic E-state index is 0.635. The highest BCUT2D eigenvalue weighted by atomic mass is 16.5. The third kappa shape index (κ3) is 2.42. The molecule has 1 atom stereocenters. The van der Waals surface area contributed by atoms with Crippen LogP contribution in [0.25, 0.3) is 0 Å². The van der Waals surface area contributed by atoms with Crippen LogP contribution < -0.4 is 5.32 Å². The maximum atomic E-state index is 5.13. The van der Waals surface area contributed by atoms with E-state index in [0.717, 1.165) is 25.8 Å². The number of hydrogen-bond donors (Lipinski definition) is 1. The molecule has 3 nitrogen and oxygen atoms in total. The molecule has 0 saturated carbocycles. The van der Waals surface area contributed by atoms with Crippen molar-refractivity contribution in [2.24, 2.45) is 0 Å². The number of piperidine rings is 1. The molecule has 0 aliphatic carbocycles. The summed E-state index contributed by atoms with van der Waals surface area (Å²) in [6.45, 7) is 4.24. The van der Waals surface area contributed by atoms with E-state index >= 15 is 0 Å². The molecule has 2 rings (SSSR count). The lowest BCUT2D eigenvalue weighted by molar-refractivity contribution is -0.00835. The summed E-state index contributed by atoms with van der Waals surface area (Å²) in [7, 11) is 2.24. The third-order valence-corrected chi connectivity index (χ3v) is 3.20. The molecule has 0 radical (unpaired) electrons. The topological polar surface area (TPSA) is 24.5 Å². The molecule has 2 saturated heterocycles. The maximum Gasteiger partial charge on any atom is 0.0643 e. The molecule has 76 valence electrons. The zero-order chi connectivity index (χ0) is 9.10. The average Bonchev–Trinajstić information content (AvgIpc) is 2.05. The molecular formula is C10H20N2O. The first-order chi connectivity index (χ1) is 6.36. The van der Waals surface area contributed by atoms with Gasteiger partial charge in [0.15, 0.2) is 0 Å². The van der Waals surface area contributed by atoms with Gasteiger partial charge in [-0.1, -0.05) is 6.42 Å². The Morgan fingerprint density at radius 3 is 2.85 bits per heavy atom. The molecule has 3 heteroatoms. The molecule has 1 unspecified atom stereocenters. The lowest BCUT2D eigenvalue weighted by Gasteiger charge is -2.35. The summed E-state index contributed by atoms with van der Waals surface area (Å²) >= 11 is 0. The second kappa shape index (κ2) is 4.40. The molecular weight excluding hydrogens is 164 g/mol. The van der Waals surface area contributed by atoms with E-state index in [9.17, 15) is 0 Å². The van der Waals surface area contributed by atoms with Gasteiger partial charge in [-0.3, -0.25) is 0 Å². The molecule has 2 fully saturated rings. The van der Waals surface area contributed by atoms with E-state index in [2.05, 4.69) is 17.3 Å². The molecule has 1 N–H and O–H groups in total. The van der Waals surface area contributed by atoms with E-state index in [1.807, 2.05) is 0 Å². The normalized spacial score (nSPS) is 31.6. The fourth-order valence-corrected chi connectivity index (χ4v) is 2.06. The van der Waals surface area contributed by atoms with Gasteiger partial charge in [0.2, 0.25) is 0 Å². The average molecular weight is 184 g/mol. The van der Waals surface area contributed by atoms with Crippen LogP contribution in [0.3, 0.4) is 0 Å². The van der Waals surface area contributed by atoms with Crippen LogP contribution in [0.1, 0.15) is 19.3 Å². The molecule has 0 amide bonds. The minimum Gasteiger partial charge on any atom is -0.378 e. The number of likely N-dealkylation sites (tertiary alicyclic amines) is 1. The summed E-state index contributed by atoms with van der Waals surface area (Å²) in [5, 5.41) is 3.55. The Kier molecular flexibility index (Phi) is 3.19. The van der Waals surface area contributed by atoms with Gasteiger partial charge in [0.25, 0.3) is 0 Å². The zero-order valence-corrected chi connectivity index (χ0v) is 8.46. The summed E-state index contributed by atoms with van der Waals surface area (Å²) in [5.41, 5.74) is 0. The molecule has 2 heterocycles. The van der Waals surface area contributed by atoms with Gasteiger partial charge in [0.1, 0.15) is 0 Å². The lowest BCUT2D eigenvalue weighted by atomic mass is 10.0. The predicted molar refractivity (Wildman–Crippen MR) is 52.9 cm³/mol. The van der Waals surface area contributed by atoms with Crippen molar-refractivity contribution in [1.82, 2.24) is 10.2 Å². The van der Waals surface area contributed by atoms with E-state index in [-0.39, 0.29) is 0 Å². The van der Waals surface area contributed by atoms with Crippen LogP contribution >= 0.6 is 0 Å². The SMILES string of the molecule is CN1CCCCC1CNC1COC1. The van der Waals surface area contributed by atoms with Crippen LogP contribution in [-0.4, -0.2) is 50.3 Å². The molecule has 0 aromatic carbocycles. The number of hydrogen-bond acceptors (Lipinski definition) is 3. The second-order valence-electron chi connectivity index (χ2n) is 4.27. The van der Waals surface area contributed by atoms with E-state index in [1.54, 1.807) is 0 Å². The number of nitrogens with zero attached hydrogens (tertiary/aromatic N) is 1. The van der Waals surface area contributed by atoms with Gasteiger partial charge in [0.05, 0.1) is 19.3 Å². The number of likely N-dealkylation sites (N-methyl/N-ethyl adjacent to an activating group) is 1. The summed E-state index contributed by atoms with van der Waals surface area (Å²) in [6, 6.07) is 1.39. The quantitative estimate of drug-likeness (QED) is 0.689. The van der Waals surface area contributed by atoms with Gasteiger partial charge in [-0.25, -0.2) is 0 Å². The number of rotatable bonds is 3. The van der Waals surface area contributed by atoms with Crippen LogP contribution in [-0.2, 0) is 4.74 Å². The van der Waals surface area contributed by atoms with Crippen molar-refractivity contribution in [3.05, 3.63) is 0 Å². The van der Waals surface area contributed by atoms with Crippen molar-refractivity contribution < 1.29 is 4.74 Å². The second-order valence-corrected chi connectivity index (χ2v) is 4.27. The summed E-state index contributed by atoms with van der Waals surface area (Å²) < 4.78 is 5.13. The highest BCUT2D eigenvalue weighted by molar-refractivity contribution is 4.80. The Morgan fingerprint density at radius 1 is 1.38 bits per heavy atom. The van der Waals surface area contributed by atoms with Crippen molar-refractivity contribution >= 4 is 0 Å². The van der Waals surface area contributed by atoms with Gasteiger partial charge in [0, 0.05) is 12.6 Å². The third-order valence-electron chi connectivity index (χ3n) is 3.20. The molecule has 2 aliphatic heterocycles. The highest BCUT2D eigenvalue weighted by Gasteiger charge is 2.22. The fraction of sp³-hybridized carbons (Fsp3) is 1.00. The van der Waals surface area contributed by atoms with Crippen LogP contribution in [0, 0.1) is 0 Å². The molecule has 2 aliphatic rings. The van der Waals surface area contributed by atoms with E-state index < -0.39 is 0 Å². The zero-order valence-electron chi connectivity index (χ0n) is 8.46. The van der Waals surface area contributed by atoms with Crippen molar-refractivity contribution in [1.29, 1.82) is 0 Å². The molecule has 0 aromatic heterocycles. The molecule has 0 aromatic rings. The summed E-state index contributed by atoms with van der Waals surface area (Å²) in [4.78, 5) is 2.48. The first kappa shape index (κ1) is 9.44. The molecule has 0 spiro atoms. The van der Waals surface area contributed by atoms with Crippen molar-refractivity contribution in [2.45, 2.75) is 31.3 Å². The predicted octanol–water partition coefficient (Wildman–Crippen LogP) is 0.459. The van der Waals surface area contributed by atoms with Crippen LogP contribution in [0.4, 0.5) is 0 Å². The van der Waals surface area contributed by atoms with E-state index in [0.29, 0.717) is 6.04 Å². The summed E-state index contributed by atoms with van der Waals surface area (Å²) in [6.07, 6.45) is 4.13. The number of nitrogens with one attached hydrogen (secondary N) is 1. The number of ether oxygens (including phenoxy) is 1. The first-order valence-electron chi connectivity index (χ1n) is 5.37. The Hall–Kier alpha value is -0.120. The van der Waals surface area contributed by atoms with Crippen LogP contribution in [0.15, 0.2) is 0 Å². The monoisotopic (exact) mass is 184 g/mol. The largest absolute Gasteiger partial charge is 0.378 e. The Balaban J connectivity index is 1.66. The summed E-state index contributed by atoms with van der Waals surface area (Å²) in [5.74, 6) is 0. The van der Waals surface area contributed by atoms with Crippen LogP contribution in [0.5, 0.6) is 0 Å². The molecule has 0 bridgehead atoms. The minimum atomic E-state index is 0.635. The standard InChI is InChI=1S/C10H20N2O/c1-12-5-3-2-4-10(12)6-11-9-7-13-8-9/h9-11H,2-8H2,1H3. The van der Waals surface area contributed by atoms with Gasteiger partial charge in [-0.05, 0) is 26.4 Å². The molecule has 13 heavy (non-hydrogen) atoms. The van der Waals surface area contributed by atoms with Crippen molar-refractivity contribution in [2.75, 3.05) is 33.4 Å².